The lowest BCUT2D eigenvalue weighted by Crippen LogP contribution is -2.03. The molecule has 0 heterocycles. The topological polar surface area (TPSA) is 80.4 Å². The van der Waals surface area contributed by atoms with E-state index in [1.807, 2.05) is 18.2 Å². The van der Waals surface area contributed by atoms with Gasteiger partial charge in [0, 0.05) is 5.69 Å². The van der Waals surface area contributed by atoms with Crippen molar-refractivity contribution in [3.63, 3.8) is 0 Å². The Morgan fingerprint density at radius 3 is 2.39 bits per heavy atom. The lowest BCUT2D eigenvalue weighted by Gasteiger charge is -2.03. The molecule has 0 radical (unpaired) electrons. The summed E-state index contributed by atoms with van der Waals surface area (Å²) in [6.07, 6.45) is 5.53. The molecule has 0 spiro atoms. The number of nitrogens with two attached hydrogens (primary N) is 1. The highest BCUT2D eigenvalue weighted by molar-refractivity contribution is 7.85. The zero-order chi connectivity index (χ0) is 13.4. The van der Waals surface area contributed by atoms with Gasteiger partial charge in [0.15, 0.2) is 0 Å². The van der Waals surface area contributed by atoms with Crippen LogP contribution in [0.5, 0.6) is 0 Å². The average molecular weight is 271 g/mol. The van der Waals surface area contributed by atoms with Crippen LogP contribution in [0.3, 0.4) is 0 Å². The van der Waals surface area contributed by atoms with Gasteiger partial charge in [-0.1, -0.05) is 31.4 Å². The van der Waals surface area contributed by atoms with Gasteiger partial charge in [-0.3, -0.25) is 4.55 Å². The zero-order valence-corrected chi connectivity index (χ0v) is 11.3. The highest BCUT2D eigenvalue weighted by Gasteiger charge is 2.02. The van der Waals surface area contributed by atoms with E-state index >= 15 is 0 Å². The third-order valence-electron chi connectivity index (χ3n) is 2.82. The van der Waals surface area contributed by atoms with E-state index in [9.17, 15) is 8.42 Å². The lowest BCUT2D eigenvalue weighted by molar-refractivity contribution is 0.479. The molecule has 18 heavy (non-hydrogen) atoms. The van der Waals surface area contributed by atoms with Gasteiger partial charge in [0.05, 0.1) is 5.75 Å². The van der Waals surface area contributed by atoms with Crippen LogP contribution < -0.4 is 5.73 Å². The Morgan fingerprint density at radius 2 is 1.72 bits per heavy atom. The maximum absolute atomic E-state index is 10.5. The van der Waals surface area contributed by atoms with E-state index in [0.717, 1.165) is 37.8 Å². The summed E-state index contributed by atoms with van der Waals surface area (Å²) in [6.45, 7) is 0. The van der Waals surface area contributed by atoms with Gasteiger partial charge in [0.2, 0.25) is 0 Å². The van der Waals surface area contributed by atoms with Crippen LogP contribution >= 0.6 is 0 Å². The van der Waals surface area contributed by atoms with Crippen molar-refractivity contribution in [1.82, 2.24) is 0 Å². The molecule has 102 valence electrons. The summed E-state index contributed by atoms with van der Waals surface area (Å²) in [5.74, 6) is -0.123. The first-order valence-electron chi connectivity index (χ1n) is 6.27. The maximum atomic E-state index is 10.5. The van der Waals surface area contributed by atoms with Crippen molar-refractivity contribution in [2.75, 3.05) is 11.5 Å². The summed E-state index contributed by atoms with van der Waals surface area (Å²) in [7, 11) is -3.78. The molecule has 0 amide bonds. The number of hydrogen-bond donors (Lipinski definition) is 2. The molecule has 1 aromatic carbocycles. The van der Waals surface area contributed by atoms with Gasteiger partial charge in [-0.05, 0) is 37.0 Å². The van der Waals surface area contributed by atoms with Crippen molar-refractivity contribution in [2.45, 2.75) is 38.5 Å². The van der Waals surface area contributed by atoms with Crippen molar-refractivity contribution in [3.05, 3.63) is 29.8 Å². The molecule has 0 aliphatic heterocycles. The highest BCUT2D eigenvalue weighted by Crippen LogP contribution is 2.12. The Bertz CT molecular complexity index is 457. The maximum Gasteiger partial charge on any atom is 0.264 e. The predicted molar refractivity (Wildman–Crippen MR) is 74.1 cm³/mol. The largest absolute Gasteiger partial charge is 0.399 e. The Morgan fingerprint density at radius 1 is 1.06 bits per heavy atom. The molecule has 0 fully saturated rings. The van der Waals surface area contributed by atoms with Crippen LogP contribution in [-0.2, 0) is 16.5 Å². The van der Waals surface area contributed by atoms with Crippen LogP contribution in [-0.4, -0.2) is 18.7 Å². The smallest absolute Gasteiger partial charge is 0.264 e. The number of benzene rings is 1. The summed E-state index contributed by atoms with van der Waals surface area (Å²) >= 11 is 0. The molecule has 0 atom stereocenters. The minimum Gasteiger partial charge on any atom is -0.399 e. The Kier molecular flexibility index (Phi) is 6.15. The fraction of sp³-hybridized carbons (Fsp3) is 0.538. The summed E-state index contributed by atoms with van der Waals surface area (Å²) in [5.41, 5.74) is 7.72. The quantitative estimate of drug-likeness (QED) is 0.433. The molecule has 1 rings (SSSR count). The number of nitrogen functional groups attached to an aromatic ring is 1. The molecule has 3 N–H and O–H groups in total. The summed E-state index contributed by atoms with van der Waals surface area (Å²) < 4.78 is 29.5. The first-order chi connectivity index (χ1) is 8.47. The third-order valence-corrected chi connectivity index (χ3v) is 3.62. The van der Waals surface area contributed by atoms with Gasteiger partial charge in [-0.2, -0.15) is 8.42 Å². The third kappa shape index (κ3) is 7.29. The lowest BCUT2D eigenvalue weighted by atomic mass is 10.1. The molecule has 4 nitrogen and oxygen atoms in total. The highest BCUT2D eigenvalue weighted by atomic mass is 32.2. The van der Waals surface area contributed by atoms with Crippen LogP contribution in [0.2, 0.25) is 0 Å². The van der Waals surface area contributed by atoms with E-state index in [-0.39, 0.29) is 5.75 Å². The predicted octanol–water partition coefficient (Wildman–Crippen LogP) is 2.65. The van der Waals surface area contributed by atoms with Gasteiger partial charge < -0.3 is 5.73 Å². The average Bonchev–Trinajstić information content (AvgIpc) is 2.26. The summed E-state index contributed by atoms with van der Waals surface area (Å²) in [6, 6.07) is 7.88. The Hall–Kier alpha value is -1.07. The molecule has 1 aromatic rings. The molecule has 5 heteroatoms. The van der Waals surface area contributed by atoms with Crippen molar-refractivity contribution in [3.8, 4) is 0 Å². The van der Waals surface area contributed by atoms with Crippen LogP contribution in [0.1, 0.15) is 37.7 Å². The van der Waals surface area contributed by atoms with Gasteiger partial charge in [-0.25, -0.2) is 0 Å². The van der Waals surface area contributed by atoms with Gasteiger partial charge in [-0.15, -0.1) is 0 Å². The number of aryl methyl sites for hydroxylation is 1. The SMILES string of the molecule is Nc1cccc(CCCCCCCS(=O)(=O)O)c1. The monoisotopic (exact) mass is 271 g/mol. The van der Waals surface area contributed by atoms with Crippen LogP contribution in [0.25, 0.3) is 0 Å². The van der Waals surface area contributed by atoms with E-state index in [1.54, 1.807) is 0 Å². The molecule has 0 aliphatic carbocycles. The molecular weight excluding hydrogens is 250 g/mol. The summed E-state index contributed by atoms with van der Waals surface area (Å²) in [5, 5.41) is 0. The fourth-order valence-electron chi connectivity index (χ4n) is 1.89. The minimum absolute atomic E-state index is 0.123. The van der Waals surface area contributed by atoms with Crippen LogP contribution in [0.15, 0.2) is 24.3 Å². The van der Waals surface area contributed by atoms with Gasteiger partial charge >= 0.3 is 0 Å². The summed E-state index contributed by atoms with van der Waals surface area (Å²) in [4.78, 5) is 0. The zero-order valence-electron chi connectivity index (χ0n) is 10.5. The van der Waals surface area contributed by atoms with Crippen molar-refractivity contribution >= 4 is 15.8 Å². The second kappa shape index (κ2) is 7.38. The van der Waals surface area contributed by atoms with Crippen LogP contribution in [0, 0.1) is 0 Å². The minimum atomic E-state index is -3.78. The second-order valence-corrected chi connectivity index (χ2v) is 6.12. The number of anilines is 1. The molecule has 0 unspecified atom stereocenters. The van der Waals surface area contributed by atoms with Crippen molar-refractivity contribution < 1.29 is 13.0 Å². The first kappa shape index (κ1) is 15.0. The molecule has 0 aromatic heterocycles. The number of unbranched alkanes of at least 4 members (excludes halogenated alkanes) is 4. The number of hydrogen-bond acceptors (Lipinski definition) is 3. The molecule has 0 saturated carbocycles. The van der Waals surface area contributed by atoms with E-state index in [0.29, 0.717) is 6.42 Å². The first-order valence-corrected chi connectivity index (χ1v) is 7.88. The van der Waals surface area contributed by atoms with Crippen LogP contribution in [0.4, 0.5) is 5.69 Å². The van der Waals surface area contributed by atoms with Gasteiger partial charge in [0.25, 0.3) is 10.1 Å². The molecule has 0 bridgehead atoms. The normalized spacial score (nSPS) is 11.6. The second-order valence-electron chi connectivity index (χ2n) is 4.55. The molecule has 0 saturated heterocycles. The van der Waals surface area contributed by atoms with E-state index in [1.165, 1.54) is 5.56 Å². The standard InChI is InChI=1S/C13H21NO3S/c14-13-9-6-8-12(11-13)7-4-2-1-3-5-10-18(15,16)17/h6,8-9,11H,1-5,7,10,14H2,(H,15,16,17). The Balaban J connectivity index is 2.06. The van der Waals surface area contributed by atoms with Gasteiger partial charge in [0.1, 0.15) is 0 Å². The molecular formula is C13H21NO3S. The molecule has 0 aliphatic rings. The number of rotatable bonds is 8. The van der Waals surface area contributed by atoms with Crippen molar-refractivity contribution in [1.29, 1.82) is 0 Å². The van der Waals surface area contributed by atoms with E-state index in [4.69, 9.17) is 10.3 Å². The Labute approximate surface area is 109 Å². The van der Waals surface area contributed by atoms with E-state index < -0.39 is 10.1 Å². The fourth-order valence-corrected chi connectivity index (χ4v) is 2.46. The van der Waals surface area contributed by atoms with E-state index in [2.05, 4.69) is 6.07 Å². The van der Waals surface area contributed by atoms with Crippen molar-refractivity contribution in [2.24, 2.45) is 0 Å².